The first-order valence-corrected chi connectivity index (χ1v) is 6.21. The molecule has 0 saturated carbocycles. The van der Waals surface area contributed by atoms with Gasteiger partial charge in [0, 0.05) is 24.8 Å². The lowest BCUT2D eigenvalue weighted by atomic mass is 10.2. The Bertz CT molecular complexity index is 649. The molecule has 0 atom stereocenters. The van der Waals surface area contributed by atoms with Gasteiger partial charge in [-0.1, -0.05) is 29.8 Å². The van der Waals surface area contributed by atoms with Crippen LogP contribution in [0.2, 0.25) is 5.02 Å². The molecule has 2 aromatic rings. The predicted molar refractivity (Wildman–Crippen MR) is 74.7 cm³/mol. The van der Waals surface area contributed by atoms with Crippen LogP contribution in [0, 0.1) is 5.82 Å². The molecule has 1 heterocycles. The Kier molecular flexibility index (Phi) is 4.20. The lowest BCUT2D eigenvalue weighted by molar-refractivity contribution is 0.0692. The predicted octanol–water partition coefficient (Wildman–Crippen LogP) is 3.21. The van der Waals surface area contributed by atoms with Gasteiger partial charge in [0.15, 0.2) is 11.6 Å². The molecule has 20 heavy (non-hydrogen) atoms. The van der Waals surface area contributed by atoms with E-state index in [0.29, 0.717) is 11.6 Å². The maximum absolute atomic E-state index is 14.1. The third-order valence-corrected chi connectivity index (χ3v) is 3.20. The van der Waals surface area contributed by atoms with E-state index in [2.05, 4.69) is 4.98 Å². The summed E-state index contributed by atoms with van der Waals surface area (Å²) in [7, 11) is 1.63. The fraction of sp³-hybridized carbons (Fsp3) is 0.143. The molecule has 0 amide bonds. The van der Waals surface area contributed by atoms with Crippen LogP contribution >= 0.6 is 11.6 Å². The van der Waals surface area contributed by atoms with E-state index >= 15 is 0 Å². The van der Waals surface area contributed by atoms with Crippen molar-refractivity contribution in [3.05, 3.63) is 58.5 Å². The molecule has 1 N–H and O–H groups in total. The average molecular weight is 295 g/mol. The summed E-state index contributed by atoms with van der Waals surface area (Å²) in [4.78, 5) is 16.3. The smallest absolute Gasteiger partial charge is 0.338 e. The van der Waals surface area contributed by atoms with Crippen molar-refractivity contribution in [3.63, 3.8) is 0 Å². The van der Waals surface area contributed by atoms with E-state index in [1.807, 2.05) is 12.1 Å². The number of carboxylic acid groups (broad SMARTS) is 1. The highest BCUT2D eigenvalue weighted by Gasteiger charge is 2.18. The van der Waals surface area contributed by atoms with Crippen LogP contribution in [0.1, 0.15) is 15.9 Å². The molecular weight excluding hydrogens is 283 g/mol. The molecule has 0 unspecified atom stereocenters. The molecule has 4 nitrogen and oxygen atoms in total. The molecule has 0 aliphatic carbocycles. The second kappa shape index (κ2) is 5.88. The van der Waals surface area contributed by atoms with Crippen LogP contribution < -0.4 is 4.90 Å². The first-order valence-electron chi connectivity index (χ1n) is 5.83. The summed E-state index contributed by atoms with van der Waals surface area (Å²) in [6.45, 7) is 0.326. The van der Waals surface area contributed by atoms with Gasteiger partial charge in [-0.25, -0.2) is 14.2 Å². The van der Waals surface area contributed by atoms with E-state index in [4.69, 9.17) is 16.7 Å². The summed E-state index contributed by atoms with van der Waals surface area (Å²) >= 11 is 6.04. The molecule has 0 aliphatic rings. The van der Waals surface area contributed by atoms with Crippen molar-refractivity contribution in [1.82, 2.24) is 4.98 Å². The van der Waals surface area contributed by atoms with E-state index in [9.17, 15) is 9.18 Å². The first kappa shape index (κ1) is 14.3. The van der Waals surface area contributed by atoms with E-state index in [0.717, 1.165) is 11.6 Å². The summed E-state index contributed by atoms with van der Waals surface area (Å²) in [5.41, 5.74) is 0.402. The summed E-state index contributed by atoms with van der Waals surface area (Å²) in [5, 5.41) is 9.46. The Morgan fingerprint density at radius 1 is 1.40 bits per heavy atom. The van der Waals surface area contributed by atoms with Gasteiger partial charge < -0.3 is 10.0 Å². The summed E-state index contributed by atoms with van der Waals surface area (Å²) in [5.74, 6) is -2.20. The molecule has 0 saturated heterocycles. The summed E-state index contributed by atoms with van der Waals surface area (Å²) < 4.78 is 14.1. The largest absolute Gasteiger partial charge is 0.478 e. The minimum absolute atomic E-state index is 0.0233. The molecule has 104 valence electrons. The van der Waals surface area contributed by atoms with E-state index in [-0.39, 0.29) is 5.82 Å². The number of anilines is 1. The number of halogens is 2. The Morgan fingerprint density at radius 2 is 2.10 bits per heavy atom. The van der Waals surface area contributed by atoms with Crippen molar-refractivity contribution in [2.45, 2.75) is 6.54 Å². The zero-order valence-corrected chi connectivity index (χ0v) is 11.4. The summed E-state index contributed by atoms with van der Waals surface area (Å²) in [6, 6.07) is 8.31. The van der Waals surface area contributed by atoms with Gasteiger partial charge >= 0.3 is 5.97 Å². The third kappa shape index (κ3) is 2.88. The average Bonchev–Trinajstić information content (AvgIpc) is 2.41. The molecule has 1 aromatic carbocycles. The summed E-state index contributed by atoms with van der Waals surface area (Å²) in [6.07, 6.45) is 1.27. The van der Waals surface area contributed by atoms with Crippen LogP contribution in [0.5, 0.6) is 0 Å². The van der Waals surface area contributed by atoms with Crippen molar-refractivity contribution in [3.8, 4) is 0 Å². The maximum Gasteiger partial charge on any atom is 0.338 e. The fourth-order valence-corrected chi connectivity index (χ4v) is 2.02. The number of aromatic carboxylic acids is 1. The molecule has 6 heteroatoms. The number of aromatic nitrogens is 1. The molecule has 0 radical (unpaired) electrons. The van der Waals surface area contributed by atoms with Gasteiger partial charge in [-0.2, -0.15) is 0 Å². The number of hydrogen-bond acceptors (Lipinski definition) is 3. The van der Waals surface area contributed by atoms with E-state index in [1.165, 1.54) is 11.1 Å². The second-order valence-corrected chi connectivity index (χ2v) is 4.66. The quantitative estimate of drug-likeness (QED) is 0.941. The molecule has 2 rings (SSSR count). The molecule has 0 spiro atoms. The van der Waals surface area contributed by atoms with Gasteiger partial charge in [0.2, 0.25) is 0 Å². The number of pyridine rings is 1. The monoisotopic (exact) mass is 294 g/mol. The Balaban J connectivity index is 2.30. The van der Waals surface area contributed by atoms with Crippen LogP contribution in [-0.4, -0.2) is 23.1 Å². The lowest BCUT2D eigenvalue weighted by Gasteiger charge is -2.19. The van der Waals surface area contributed by atoms with Gasteiger partial charge in [0.1, 0.15) is 5.56 Å². The van der Waals surface area contributed by atoms with Crippen LogP contribution in [0.3, 0.4) is 0 Å². The highest BCUT2D eigenvalue weighted by molar-refractivity contribution is 6.31. The normalized spacial score (nSPS) is 10.3. The molecule has 0 aliphatic heterocycles. The SMILES string of the molecule is CN(Cc1ccccc1Cl)c1nccc(C(=O)O)c1F. The van der Waals surface area contributed by atoms with Crippen molar-refractivity contribution >= 4 is 23.4 Å². The van der Waals surface area contributed by atoms with E-state index < -0.39 is 17.3 Å². The van der Waals surface area contributed by atoms with Crippen molar-refractivity contribution in [2.75, 3.05) is 11.9 Å². The van der Waals surface area contributed by atoms with Crippen LogP contribution in [0.25, 0.3) is 0 Å². The Hall–Kier alpha value is -2.14. The van der Waals surface area contributed by atoms with Crippen molar-refractivity contribution in [2.24, 2.45) is 0 Å². The van der Waals surface area contributed by atoms with Gasteiger partial charge in [-0.15, -0.1) is 0 Å². The highest BCUT2D eigenvalue weighted by atomic mass is 35.5. The number of benzene rings is 1. The highest BCUT2D eigenvalue weighted by Crippen LogP contribution is 2.22. The number of hydrogen-bond donors (Lipinski definition) is 1. The Morgan fingerprint density at radius 3 is 2.75 bits per heavy atom. The van der Waals surface area contributed by atoms with Gasteiger partial charge in [0.05, 0.1) is 0 Å². The standard InChI is InChI=1S/C14H12ClFN2O2/c1-18(8-9-4-2-3-5-11(9)15)13-12(16)10(14(19)20)6-7-17-13/h2-7H,8H2,1H3,(H,19,20). The lowest BCUT2D eigenvalue weighted by Crippen LogP contribution is -2.20. The molecule has 0 fully saturated rings. The fourth-order valence-electron chi connectivity index (χ4n) is 1.82. The van der Waals surface area contributed by atoms with Crippen molar-refractivity contribution < 1.29 is 14.3 Å². The van der Waals surface area contributed by atoms with Crippen LogP contribution in [-0.2, 0) is 6.54 Å². The van der Waals surface area contributed by atoms with Crippen LogP contribution in [0.15, 0.2) is 36.5 Å². The number of carboxylic acids is 1. The molecular formula is C14H12ClFN2O2. The molecule has 1 aromatic heterocycles. The Labute approximate surface area is 120 Å². The molecule has 0 bridgehead atoms. The number of nitrogens with zero attached hydrogens (tertiary/aromatic N) is 2. The number of carbonyl (C=O) groups is 1. The topological polar surface area (TPSA) is 53.4 Å². The first-order chi connectivity index (χ1) is 9.50. The maximum atomic E-state index is 14.1. The van der Waals surface area contributed by atoms with Gasteiger partial charge in [-0.3, -0.25) is 0 Å². The number of rotatable bonds is 4. The zero-order chi connectivity index (χ0) is 14.7. The van der Waals surface area contributed by atoms with Crippen LogP contribution in [0.4, 0.5) is 10.2 Å². The minimum atomic E-state index is -1.32. The van der Waals surface area contributed by atoms with Gasteiger partial charge in [-0.05, 0) is 17.7 Å². The third-order valence-electron chi connectivity index (χ3n) is 2.83. The minimum Gasteiger partial charge on any atom is -0.478 e. The van der Waals surface area contributed by atoms with E-state index in [1.54, 1.807) is 19.2 Å². The second-order valence-electron chi connectivity index (χ2n) is 4.25. The van der Waals surface area contributed by atoms with Gasteiger partial charge in [0.25, 0.3) is 0 Å². The van der Waals surface area contributed by atoms with Crippen molar-refractivity contribution in [1.29, 1.82) is 0 Å². The zero-order valence-electron chi connectivity index (χ0n) is 10.7.